The van der Waals surface area contributed by atoms with Crippen LogP contribution in [0.2, 0.25) is 0 Å². The Bertz CT molecular complexity index is 587. The van der Waals surface area contributed by atoms with Gasteiger partial charge in [-0.1, -0.05) is 18.2 Å². The second-order valence-corrected chi connectivity index (χ2v) is 4.85. The third kappa shape index (κ3) is 2.73. The zero-order chi connectivity index (χ0) is 15.6. The highest BCUT2D eigenvalue weighted by atomic mass is 16.4. The van der Waals surface area contributed by atoms with Crippen LogP contribution in [-0.4, -0.2) is 40.9 Å². The van der Waals surface area contributed by atoms with Gasteiger partial charge in [-0.25, -0.2) is 4.79 Å². The van der Waals surface area contributed by atoms with Crippen molar-refractivity contribution in [1.82, 2.24) is 10.2 Å². The second kappa shape index (κ2) is 5.92. The van der Waals surface area contributed by atoms with Gasteiger partial charge in [0, 0.05) is 17.5 Å². The minimum atomic E-state index is -1.15. The SMILES string of the molecule is CNC1c2ccccc2C(=O)N1C(CCC(N)=O)C(=O)O. The first-order chi connectivity index (χ1) is 9.97. The highest BCUT2D eigenvalue weighted by molar-refractivity contribution is 6.01. The predicted molar refractivity (Wildman–Crippen MR) is 74.3 cm³/mol. The number of aliphatic carboxylic acids is 1. The van der Waals surface area contributed by atoms with E-state index in [1.165, 1.54) is 4.90 Å². The average Bonchev–Trinajstić information content (AvgIpc) is 2.72. The highest BCUT2D eigenvalue weighted by Gasteiger charge is 2.42. The number of primary amides is 1. The molecule has 2 atom stereocenters. The smallest absolute Gasteiger partial charge is 0.326 e. The molecule has 2 amide bonds. The summed E-state index contributed by atoms with van der Waals surface area (Å²) in [6, 6.07) is 5.86. The van der Waals surface area contributed by atoms with Gasteiger partial charge in [-0.05, 0) is 19.5 Å². The Morgan fingerprint density at radius 3 is 2.67 bits per heavy atom. The molecular formula is C14H17N3O4. The lowest BCUT2D eigenvalue weighted by molar-refractivity contribution is -0.143. The predicted octanol–water partition coefficient (Wildman–Crippen LogP) is 0.0791. The number of fused-ring (bicyclic) bond motifs is 1. The van der Waals surface area contributed by atoms with Gasteiger partial charge in [0.2, 0.25) is 5.91 Å². The van der Waals surface area contributed by atoms with Gasteiger partial charge >= 0.3 is 5.97 Å². The number of carbonyl (C=O) groups is 3. The fourth-order valence-corrected chi connectivity index (χ4v) is 2.61. The first-order valence-corrected chi connectivity index (χ1v) is 6.57. The fourth-order valence-electron chi connectivity index (χ4n) is 2.61. The summed E-state index contributed by atoms with van der Waals surface area (Å²) in [7, 11) is 1.65. The van der Waals surface area contributed by atoms with E-state index in [9.17, 15) is 19.5 Å². The number of hydrogen-bond donors (Lipinski definition) is 3. The van der Waals surface area contributed by atoms with E-state index in [0.29, 0.717) is 5.56 Å². The molecule has 0 spiro atoms. The van der Waals surface area contributed by atoms with E-state index in [4.69, 9.17) is 5.73 Å². The summed E-state index contributed by atoms with van der Waals surface area (Å²) in [6.45, 7) is 0. The number of rotatable bonds is 6. The number of hydrogen-bond acceptors (Lipinski definition) is 4. The van der Waals surface area contributed by atoms with Crippen LogP contribution in [-0.2, 0) is 9.59 Å². The Morgan fingerprint density at radius 2 is 2.10 bits per heavy atom. The van der Waals surface area contributed by atoms with Gasteiger partial charge in [-0.15, -0.1) is 0 Å². The zero-order valence-electron chi connectivity index (χ0n) is 11.6. The number of benzene rings is 1. The van der Waals surface area contributed by atoms with E-state index in [0.717, 1.165) is 5.56 Å². The molecule has 2 unspecified atom stereocenters. The molecule has 0 fully saturated rings. The molecule has 7 nitrogen and oxygen atoms in total. The van der Waals surface area contributed by atoms with E-state index in [2.05, 4.69) is 5.32 Å². The monoisotopic (exact) mass is 291 g/mol. The van der Waals surface area contributed by atoms with Crippen LogP contribution in [0.1, 0.15) is 34.9 Å². The molecule has 4 N–H and O–H groups in total. The standard InChI is InChI=1S/C14H17N3O4/c1-16-12-8-4-2-3-5-9(8)13(19)17(12)10(14(20)21)6-7-11(15)18/h2-5,10,12,16H,6-7H2,1H3,(H2,15,18)(H,20,21). The first kappa shape index (κ1) is 15.0. The summed E-state index contributed by atoms with van der Waals surface area (Å²) in [4.78, 5) is 36.1. The van der Waals surface area contributed by atoms with Gasteiger partial charge in [0.05, 0.1) is 0 Å². The molecule has 0 radical (unpaired) electrons. The topological polar surface area (TPSA) is 113 Å². The van der Waals surface area contributed by atoms with E-state index in [1.807, 2.05) is 0 Å². The second-order valence-electron chi connectivity index (χ2n) is 4.85. The number of nitrogens with one attached hydrogen (secondary N) is 1. The van der Waals surface area contributed by atoms with Crippen LogP contribution in [0, 0.1) is 0 Å². The maximum absolute atomic E-state index is 12.5. The van der Waals surface area contributed by atoms with E-state index < -0.39 is 24.1 Å². The molecule has 1 heterocycles. The molecule has 0 aliphatic carbocycles. The summed E-state index contributed by atoms with van der Waals surface area (Å²) in [6.07, 6.45) is -0.626. The third-order valence-electron chi connectivity index (χ3n) is 3.56. The average molecular weight is 291 g/mol. The van der Waals surface area contributed by atoms with Crippen LogP contribution < -0.4 is 11.1 Å². The van der Waals surface area contributed by atoms with Gasteiger partial charge in [-0.2, -0.15) is 0 Å². The molecule has 2 rings (SSSR count). The minimum Gasteiger partial charge on any atom is -0.480 e. The molecule has 0 saturated heterocycles. The summed E-state index contributed by atoms with van der Waals surface area (Å²) in [5, 5.41) is 12.3. The fraction of sp³-hybridized carbons (Fsp3) is 0.357. The Labute approximate surface area is 121 Å². The van der Waals surface area contributed by atoms with Crippen LogP contribution in [0.25, 0.3) is 0 Å². The van der Waals surface area contributed by atoms with Crippen molar-refractivity contribution < 1.29 is 19.5 Å². The molecule has 0 bridgehead atoms. The van der Waals surface area contributed by atoms with Crippen molar-refractivity contribution in [3.8, 4) is 0 Å². The lowest BCUT2D eigenvalue weighted by atomic mass is 10.1. The molecular weight excluding hydrogens is 274 g/mol. The van der Waals surface area contributed by atoms with Crippen molar-refractivity contribution >= 4 is 17.8 Å². The number of carbonyl (C=O) groups excluding carboxylic acids is 2. The summed E-state index contributed by atoms with van der Waals surface area (Å²) in [5.74, 6) is -2.11. The maximum Gasteiger partial charge on any atom is 0.326 e. The maximum atomic E-state index is 12.5. The highest BCUT2D eigenvalue weighted by Crippen LogP contribution is 2.34. The van der Waals surface area contributed by atoms with E-state index in [1.54, 1.807) is 31.3 Å². The Kier molecular flexibility index (Phi) is 4.23. The normalized spacial score (nSPS) is 18.4. The van der Waals surface area contributed by atoms with Gasteiger partial charge in [0.15, 0.2) is 0 Å². The number of carboxylic acid groups (broad SMARTS) is 1. The van der Waals surface area contributed by atoms with Crippen molar-refractivity contribution in [2.75, 3.05) is 7.05 Å². The van der Waals surface area contributed by atoms with E-state index >= 15 is 0 Å². The number of nitrogens with zero attached hydrogens (tertiary/aromatic N) is 1. The molecule has 0 aromatic heterocycles. The van der Waals surface area contributed by atoms with Crippen LogP contribution in [0.5, 0.6) is 0 Å². The summed E-state index contributed by atoms with van der Waals surface area (Å²) >= 11 is 0. The number of carboxylic acids is 1. The molecule has 21 heavy (non-hydrogen) atoms. The van der Waals surface area contributed by atoms with Crippen molar-refractivity contribution in [3.63, 3.8) is 0 Å². The molecule has 7 heteroatoms. The molecule has 112 valence electrons. The van der Waals surface area contributed by atoms with Crippen molar-refractivity contribution in [3.05, 3.63) is 35.4 Å². The third-order valence-corrected chi connectivity index (χ3v) is 3.56. The van der Waals surface area contributed by atoms with Crippen molar-refractivity contribution in [2.24, 2.45) is 5.73 Å². The number of nitrogens with two attached hydrogens (primary N) is 1. The quantitative estimate of drug-likeness (QED) is 0.687. The van der Waals surface area contributed by atoms with Gasteiger partial charge in [0.25, 0.3) is 5.91 Å². The van der Waals surface area contributed by atoms with Crippen LogP contribution in [0.4, 0.5) is 0 Å². The minimum absolute atomic E-state index is 0.0113. The van der Waals surface area contributed by atoms with Crippen LogP contribution in [0.3, 0.4) is 0 Å². The Morgan fingerprint density at radius 1 is 1.43 bits per heavy atom. The molecule has 1 aromatic rings. The van der Waals surface area contributed by atoms with Gasteiger partial charge < -0.3 is 15.7 Å². The lowest BCUT2D eigenvalue weighted by Crippen LogP contribution is -2.47. The Balaban J connectivity index is 2.35. The first-order valence-electron chi connectivity index (χ1n) is 6.57. The zero-order valence-corrected chi connectivity index (χ0v) is 11.6. The van der Waals surface area contributed by atoms with Crippen LogP contribution in [0.15, 0.2) is 24.3 Å². The van der Waals surface area contributed by atoms with Gasteiger partial charge in [-0.3, -0.25) is 14.9 Å². The number of amides is 2. The summed E-state index contributed by atoms with van der Waals surface area (Å²) in [5.41, 5.74) is 6.28. The summed E-state index contributed by atoms with van der Waals surface area (Å²) < 4.78 is 0. The molecule has 1 aliphatic rings. The van der Waals surface area contributed by atoms with Crippen molar-refractivity contribution in [1.29, 1.82) is 0 Å². The largest absolute Gasteiger partial charge is 0.480 e. The Hall–Kier alpha value is -2.41. The van der Waals surface area contributed by atoms with Crippen LogP contribution >= 0.6 is 0 Å². The molecule has 1 aliphatic heterocycles. The lowest BCUT2D eigenvalue weighted by Gasteiger charge is -2.30. The van der Waals surface area contributed by atoms with Gasteiger partial charge in [0.1, 0.15) is 12.2 Å². The van der Waals surface area contributed by atoms with Crippen molar-refractivity contribution in [2.45, 2.75) is 25.0 Å². The van der Waals surface area contributed by atoms with E-state index in [-0.39, 0.29) is 18.7 Å². The molecule has 1 aromatic carbocycles. The molecule has 0 saturated carbocycles.